The van der Waals surface area contributed by atoms with Crippen LogP contribution >= 0.6 is 0 Å². The molecule has 0 saturated carbocycles. The summed E-state index contributed by atoms with van der Waals surface area (Å²) in [4.78, 5) is 22.4. The quantitative estimate of drug-likeness (QED) is 0.559. The van der Waals surface area contributed by atoms with Gasteiger partial charge in [0.2, 0.25) is 5.91 Å². The Balaban J connectivity index is 2.45. The van der Waals surface area contributed by atoms with Crippen LogP contribution in [0.5, 0.6) is 0 Å². The van der Waals surface area contributed by atoms with Gasteiger partial charge >= 0.3 is 5.97 Å². The van der Waals surface area contributed by atoms with Crippen molar-refractivity contribution in [3.63, 3.8) is 0 Å². The maximum atomic E-state index is 13.6. The van der Waals surface area contributed by atoms with Gasteiger partial charge in [0.15, 0.2) is 12.3 Å². The predicted octanol–water partition coefficient (Wildman–Crippen LogP) is 0.0659. The number of hydrogen-bond donors (Lipinski definition) is 1. The lowest BCUT2D eigenvalue weighted by Crippen LogP contribution is -2.34. The molecular weight excluding hydrogens is 240 g/mol. The Morgan fingerprint density at radius 1 is 1.44 bits per heavy atom. The van der Waals surface area contributed by atoms with Crippen LogP contribution in [-0.2, 0) is 19.1 Å². The Bertz CT molecular complexity index is 315. The fourth-order valence-corrected chi connectivity index (χ4v) is 1.77. The number of alkyl halides is 1. The highest BCUT2D eigenvalue weighted by Crippen LogP contribution is 2.27. The molecule has 0 spiro atoms. The molecule has 1 amide bonds. The maximum absolute atomic E-state index is 13.6. The van der Waals surface area contributed by atoms with E-state index in [4.69, 9.17) is 17.3 Å². The van der Waals surface area contributed by atoms with E-state index in [9.17, 15) is 14.0 Å². The number of ether oxygens (including phenoxy) is 2. The minimum atomic E-state index is -1.53. The molecule has 1 N–H and O–H groups in total. The van der Waals surface area contributed by atoms with Crippen LogP contribution in [0.25, 0.3) is 0 Å². The van der Waals surface area contributed by atoms with E-state index in [1.54, 1.807) is 6.92 Å². The molecule has 4 atom stereocenters. The summed E-state index contributed by atoms with van der Waals surface area (Å²) >= 11 is 0. The molecule has 1 aliphatic heterocycles. The van der Waals surface area contributed by atoms with Crippen molar-refractivity contribution < 1.29 is 23.5 Å². The second-order valence-electron chi connectivity index (χ2n) is 4.12. The van der Waals surface area contributed by atoms with Crippen LogP contribution in [0.2, 0.25) is 0 Å². The Labute approximate surface area is 107 Å². The summed E-state index contributed by atoms with van der Waals surface area (Å²) in [6, 6.07) is -1.06. The fourth-order valence-electron chi connectivity index (χ4n) is 1.77. The van der Waals surface area contributed by atoms with Gasteiger partial charge in [0.1, 0.15) is 7.85 Å². The summed E-state index contributed by atoms with van der Waals surface area (Å²) in [5.74, 6) is -0.891. The maximum Gasteiger partial charge on any atom is 0.306 e. The number of halogens is 1. The van der Waals surface area contributed by atoms with Crippen LogP contribution in [0.4, 0.5) is 4.39 Å². The van der Waals surface area contributed by atoms with E-state index in [0.717, 1.165) is 0 Å². The van der Waals surface area contributed by atoms with Gasteiger partial charge < -0.3 is 14.8 Å². The van der Waals surface area contributed by atoms with E-state index in [0.29, 0.717) is 6.42 Å². The topological polar surface area (TPSA) is 64.6 Å². The van der Waals surface area contributed by atoms with Crippen LogP contribution in [0.3, 0.4) is 0 Å². The minimum absolute atomic E-state index is 0.0166. The van der Waals surface area contributed by atoms with Crippen molar-refractivity contribution in [3.05, 3.63) is 0 Å². The molecule has 0 bridgehead atoms. The van der Waals surface area contributed by atoms with Crippen LogP contribution < -0.4 is 5.32 Å². The average Bonchev–Trinajstić information content (AvgIpc) is 2.63. The summed E-state index contributed by atoms with van der Waals surface area (Å²) in [6.45, 7) is 1.79. The van der Waals surface area contributed by atoms with E-state index >= 15 is 0 Å². The van der Waals surface area contributed by atoms with Crippen molar-refractivity contribution in [2.24, 2.45) is 0 Å². The Morgan fingerprint density at radius 3 is 2.67 bits per heavy atom. The molecular formula is C11H17BFNO4. The lowest BCUT2D eigenvalue weighted by atomic mass is 9.94. The molecule has 1 rings (SSSR count). The molecule has 1 fully saturated rings. The van der Waals surface area contributed by atoms with E-state index in [2.05, 4.69) is 5.32 Å². The largest absolute Gasteiger partial charge is 0.456 e. The molecule has 2 radical (unpaired) electrons. The number of hydrogen-bond acceptors (Lipinski definition) is 4. The van der Waals surface area contributed by atoms with Crippen molar-refractivity contribution in [1.82, 2.24) is 5.32 Å². The first-order valence-corrected chi connectivity index (χ1v) is 5.94. The zero-order valence-electron chi connectivity index (χ0n) is 10.5. The summed E-state index contributed by atoms with van der Waals surface area (Å²) < 4.78 is 23.8. The Hall–Kier alpha value is -1.11. The minimum Gasteiger partial charge on any atom is -0.456 e. The fraction of sp³-hybridized carbons (Fsp3) is 0.818. The predicted molar refractivity (Wildman–Crippen MR) is 62.8 cm³/mol. The average molecular weight is 257 g/mol. The molecule has 0 aromatic heterocycles. The molecule has 100 valence electrons. The van der Waals surface area contributed by atoms with Gasteiger partial charge in [0, 0.05) is 13.5 Å². The van der Waals surface area contributed by atoms with Gasteiger partial charge in [-0.25, -0.2) is 4.39 Å². The van der Waals surface area contributed by atoms with Gasteiger partial charge in [0.05, 0.1) is 18.5 Å². The van der Waals surface area contributed by atoms with Crippen molar-refractivity contribution in [3.8, 4) is 0 Å². The smallest absolute Gasteiger partial charge is 0.306 e. The van der Waals surface area contributed by atoms with E-state index in [-0.39, 0.29) is 18.7 Å². The molecule has 0 aliphatic carbocycles. The van der Waals surface area contributed by atoms with Crippen LogP contribution in [0.15, 0.2) is 0 Å². The first-order chi connectivity index (χ1) is 8.49. The molecule has 18 heavy (non-hydrogen) atoms. The van der Waals surface area contributed by atoms with E-state index in [1.807, 2.05) is 0 Å². The van der Waals surface area contributed by atoms with Crippen LogP contribution in [0, 0.1) is 0 Å². The zero-order valence-corrected chi connectivity index (χ0v) is 10.5. The summed E-state index contributed by atoms with van der Waals surface area (Å²) in [5.41, 5.74) is 0. The molecule has 5 nitrogen and oxygen atoms in total. The second kappa shape index (κ2) is 6.73. The van der Waals surface area contributed by atoms with E-state index < -0.39 is 30.4 Å². The molecule has 1 unspecified atom stereocenters. The standard InChI is InChI=1S/C11H17BFNO4/c1-3-6-10(9(13)11(12)17-6)18-8(16)5-4-7(15)14-2/h6,9-11H,3-5H2,1-2H3,(H,14,15)/t6-,9?,10+,11-/m1/s1. The van der Waals surface area contributed by atoms with Crippen molar-refractivity contribution in [1.29, 1.82) is 0 Å². The van der Waals surface area contributed by atoms with Gasteiger partial charge in [0.25, 0.3) is 0 Å². The highest BCUT2D eigenvalue weighted by atomic mass is 19.1. The Morgan fingerprint density at radius 2 is 2.11 bits per heavy atom. The number of amides is 1. The number of rotatable bonds is 5. The van der Waals surface area contributed by atoms with Crippen molar-refractivity contribution in [2.75, 3.05) is 7.05 Å². The highest BCUT2D eigenvalue weighted by molar-refractivity contribution is 6.11. The number of esters is 1. The third kappa shape index (κ3) is 3.70. The SMILES string of the molecule is [B][C@@H]1O[C@H](CC)[C@H](OC(=O)CCC(=O)NC)C1F. The first kappa shape index (κ1) is 15.0. The second-order valence-corrected chi connectivity index (χ2v) is 4.12. The van der Waals surface area contributed by atoms with Gasteiger partial charge in [-0.2, -0.15) is 0 Å². The Kier molecular flexibility index (Phi) is 5.59. The third-order valence-electron chi connectivity index (χ3n) is 2.83. The number of nitrogens with one attached hydrogen (secondary N) is 1. The number of carbonyl (C=O) groups excluding carboxylic acids is 2. The molecule has 1 heterocycles. The van der Waals surface area contributed by atoms with Gasteiger partial charge in [-0.1, -0.05) is 6.92 Å². The molecule has 0 aromatic carbocycles. The van der Waals surface area contributed by atoms with Crippen molar-refractivity contribution in [2.45, 2.75) is 50.6 Å². The first-order valence-electron chi connectivity index (χ1n) is 5.94. The number of carbonyl (C=O) groups is 2. The van der Waals surface area contributed by atoms with Crippen molar-refractivity contribution >= 4 is 19.7 Å². The molecule has 1 aliphatic rings. The monoisotopic (exact) mass is 257 g/mol. The summed E-state index contributed by atoms with van der Waals surface area (Å²) in [5, 5.41) is 2.38. The summed E-state index contributed by atoms with van der Waals surface area (Å²) in [6.07, 6.45) is -2.61. The lowest BCUT2D eigenvalue weighted by Gasteiger charge is -2.18. The van der Waals surface area contributed by atoms with Gasteiger partial charge in [-0.15, -0.1) is 0 Å². The van der Waals surface area contributed by atoms with Gasteiger partial charge in [-0.05, 0) is 6.42 Å². The normalized spacial score (nSPS) is 31.1. The zero-order chi connectivity index (χ0) is 13.7. The van der Waals surface area contributed by atoms with E-state index in [1.165, 1.54) is 7.05 Å². The highest BCUT2D eigenvalue weighted by Gasteiger charge is 2.43. The van der Waals surface area contributed by atoms with Crippen LogP contribution in [-0.4, -0.2) is 51.2 Å². The summed E-state index contributed by atoms with van der Waals surface area (Å²) in [7, 11) is 6.88. The third-order valence-corrected chi connectivity index (χ3v) is 2.83. The molecule has 1 saturated heterocycles. The lowest BCUT2D eigenvalue weighted by molar-refractivity contribution is -0.154. The van der Waals surface area contributed by atoms with Gasteiger partial charge in [-0.3, -0.25) is 9.59 Å². The molecule has 0 aromatic rings. The molecule has 7 heteroatoms. The van der Waals surface area contributed by atoms with Crippen LogP contribution in [0.1, 0.15) is 26.2 Å².